The minimum absolute atomic E-state index is 0.222. The quantitative estimate of drug-likeness (QED) is 0.787. The molecule has 0 aromatic rings. The van der Waals surface area contributed by atoms with Crippen LogP contribution < -0.4 is 5.32 Å². The van der Waals surface area contributed by atoms with Gasteiger partial charge in [-0.2, -0.15) is 0 Å². The molecule has 2 atom stereocenters. The molecular weight excluding hydrogens is 200 g/mol. The van der Waals surface area contributed by atoms with Gasteiger partial charge in [-0.25, -0.2) is 0 Å². The largest absolute Gasteiger partial charge is 0.342 e. The molecule has 1 saturated heterocycles. The van der Waals surface area contributed by atoms with Crippen molar-refractivity contribution >= 4 is 5.91 Å². The molecule has 1 saturated carbocycles. The summed E-state index contributed by atoms with van der Waals surface area (Å²) >= 11 is 0. The molecule has 1 amide bonds. The second-order valence-electron chi connectivity index (χ2n) is 5.31. The minimum atomic E-state index is 0.222. The highest BCUT2D eigenvalue weighted by atomic mass is 16.2. The minimum Gasteiger partial charge on any atom is -0.342 e. The molecule has 2 fully saturated rings. The van der Waals surface area contributed by atoms with E-state index in [1.165, 1.54) is 19.3 Å². The van der Waals surface area contributed by atoms with E-state index in [2.05, 4.69) is 24.1 Å². The van der Waals surface area contributed by atoms with E-state index in [-0.39, 0.29) is 5.92 Å². The molecule has 2 rings (SSSR count). The lowest BCUT2D eigenvalue weighted by atomic mass is 9.85. The topological polar surface area (TPSA) is 32.3 Å². The summed E-state index contributed by atoms with van der Waals surface area (Å²) in [5.74, 6) is 1.39. The number of hydrogen-bond donors (Lipinski definition) is 1. The first kappa shape index (κ1) is 11.9. The van der Waals surface area contributed by atoms with Gasteiger partial charge in [-0.3, -0.25) is 4.79 Å². The number of nitrogens with zero attached hydrogens (tertiary/aromatic N) is 1. The number of amides is 1. The van der Waals surface area contributed by atoms with Crippen LogP contribution in [0.4, 0.5) is 0 Å². The fourth-order valence-electron chi connectivity index (χ4n) is 2.79. The van der Waals surface area contributed by atoms with Crippen LogP contribution in [-0.2, 0) is 4.79 Å². The summed E-state index contributed by atoms with van der Waals surface area (Å²) in [6.45, 7) is 7.10. The standard InChI is InChI=1S/C13H24N2O/c1-3-15(9-11-5-4-6-11)13(16)12-7-8-14-10(12)2/h10-12,14H,3-9H2,1-2H3. The average Bonchev–Trinajstić information content (AvgIpc) is 2.62. The van der Waals surface area contributed by atoms with E-state index in [1.807, 2.05) is 0 Å². The monoisotopic (exact) mass is 224 g/mol. The normalized spacial score (nSPS) is 30.1. The molecule has 0 spiro atoms. The first-order chi connectivity index (χ1) is 7.72. The number of nitrogens with one attached hydrogen (secondary N) is 1. The highest BCUT2D eigenvalue weighted by Gasteiger charge is 2.33. The molecule has 2 unspecified atom stereocenters. The molecule has 1 N–H and O–H groups in total. The van der Waals surface area contributed by atoms with Crippen LogP contribution in [-0.4, -0.2) is 36.5 Å². The summed E-state index contributed by atoms with van der Waals surface area (Å²) < 4.78 is 0. The van der Waals surface area contributed by atoms with Crippen LogP contribution in [0.3, 0.4) is 0 Å². The highest BCUT2D eigenvalue weighted by molar-refractivity contribution is 5.79. The van der Waals surface area contributed by atoms with Crippen molar-refractivity contribution in [3.05, 3.63) is 0 Å². The predicted octanol–water partition coefficient (Wildman–Crippen LogP) is 1.63. The SMILES string of the molecule is CCN(CC1CCC1)C(=O)C1CCNC1C. The van der Waals surface area contributed by atoms with Crippen molar-refractivity contribution in [1.82, 2.24) is 10.2 Å². The Labute approximate surface area is 98.6 Å². The molecule has 1 aliphatic heterocycles. The van der Waals surface area contributed by atoms with Gasteiger partial charge in [0, 0.05) is 19.1 Å². The van der Waals surface area contributed by atoms with Gasteiger partial charge in [-0.15, -0.1) is 0 Å². The van der Waals surface area contributed by atoms with E-state index in [0.717, 1.165) is 32.0 Å². The molecule has 3 heteroatoms. The van der Waals surface area contributed by atoms with Crippen LogP contribution in [0.15, 0.2) is 0 Å². The highest BCUT2D eigenvalue weighted by Crippen LogP contribution is 2.28. The second-order valence-corrected chi connectivity index (χ2v) is 5.31. The summed E-state index contributed by atoms with van der Waals surface area (Å²) in [5, 5.41) is 3.36. The van der Waals surface area contributed by atoms with E-state index in [1.54, 1.807) is 0 Å². The molecule has 1 heterocycles. The Morgan fingerprint density at radius 1 is 1.38 bits per heavy atom. The lowest BCUT2D eigenvalue weighted by Gasteiger charge is -2.33. The Kier molecular flexibility index (Phi) is 3.85. The van der Waals surface area contributed by atoms with E-state index in [0.29, 0.717) is 11.9 Å². The Morgan fingerprint density at radius 2 is 2.12 bits per heavy atom. The van der Waals surface area contributed by atoms with Gasteiger partial charge in [-0.05, 0) is 45.6 Å². The van der Waals surface area contributed by atoms with Gasteiger partial charge in [-0.1, -0.05) is 6.42 Å². The van der Waals surface area contributed by atoms with Crippen LogP contribution in [0.2, 0.25) is 0 Å². The average molecular weight is 224 g/mol. The zero-order chi connectivity index (χ0) is 11.5. The van der Waals surface area contributed by atoms with Crippen molar-refractivity contribution < 1.29 is 4.79 Å². The summed E-state index contributed by atoms with van der Waals surface area (Å²) in [5.41, 5.74) is 0. The molecule has 92 valence electrons. The lowest BCUT2D eigenvalue weighted by Crippen LogP contribution is -2.43. The number of carbonyl (C=O) groups is 1. The summed E-state index contributed by atoms with van der Waals surface area (Å²) in [7, 11) is 0. The molecule has 3 nitrogen and oxygen atoms in total. The molecule has 1 aliphatic carbocycles. The van der Waals surface area contributed by atoms with Crippen molar-refractivity contribution in [3.8, 4) is 0 Å². The van der Waals surface area contributed by atoms with Crippen LogP contribution in [0.1, 0.15) is 39.5 Å². The molecular formula is C13H24N2O. The lowest BCUT2D eigenvalue weighted by molar-refractivity contribution is -0.136. The number of hydrogen-bond acceptors (Lipinski definition) is 2. The third-order valence-electron chi connectivity index (χ3n) is 4.24. The second kappa shape index (κ2) is 5.17. The first-order valence-electron chi connectivity index (χ1n) is 6.74. The van der Waals surface area contributed by atoms with Crippen LogP contribution in [0.5, 0.6) is 0 Å². The van der Waals surface area contributed by atoms with E-state index in [4.69, 9.17) is 0 Å². The summed E-state index contributed by atoms with van der Waals surface area (Å²) in [4.78, 5) is 14.4. The van der Waals surface area contributed by atoms with Gasteiger partial charge >= 0.3 is 0 Å². The van der Waals surface area contributed by atoms with Crippen molar-refractivity contribution in [2.75, 3.05) is 19.6 Å². The van der Waals surface area contributed by atoms with E-state index < -0.39 is 0 Å². The molecule has 0 radical (unpaired) electrons. The summed E-state index contributed by atoms with van der Waals surface area (Å²) in [6, 6.07) is 0.364. The Hall–Kier alpha value is -0.570. The van der Waals surface area contributed by atoms with Gasteiger partial charge < -0.3 is 10.2 Å². The Bertz CT molecular complexity index is 250. The zero-order valence-electron chi connectivity index (χ0n) is 10.5. The molecule has 2 aliphatic rings. The predicted molar refractivity (Wildman–Crippen MR) is 65.2 cm³/mol. The third kappa shape index (κ3) is 2.40. The van der Waals surface area contributed by atoms with Crippen molar-refractivity contribution in [2.24, 2.45) is 11.8 Å². The Morgan fingerprint density at radius 3 is 2.56 bits per heavy atom. The fourth-order valence-corrected chi connectivity index (χ4v) is 2.79. The van der Waals surface area contributed by atoms with Crippen molar-refractivity contribution in [3.63, 3.8) is 0 Å². The van der Waals surface area contributed by atoms with Crippen LogP contribution in [0, 0.1) is 11.8 Å². The van der Waals surface area contributed by atoms with Gasteiger partial charge in [0.1, 0.15) is 0 Å². The smallest absolute Gasteiger partial charge is 0.227 e. The summed E-state index contributed by atoms with van der Waals surface area (Å²) in [6.07, 6.45) is 5.02. The first-order valence-corrected chi connectivity index (χ1v) is 6.74. The zero-order valence-corrected chi connectivity index (χ0v) is 10.5. The maximum absolute atomic E-state index is 12.3. The molecule has 0 aromatic carbocycles. The maximum atomic E-state index is 12.3. The van der Waals surface area contributed by atoms with Crippen molar-refractivity contribution in [1.29, 1.82) is 0 Å². The third-order valence-corrected chi connectivity index (χ3v) is 4.24. The van der Waals surface area contributed by atoms with Gasteiger partial charge in [0.25, 0.3) is 0 Å². The molecule has 0 bridgehead atoms. The molecule has 0 aromatic heterocycles. The van der Waals surface area contributed by atoms with Gasteiger partial charge in [0.15, 0.2) is 0 Å². The Balaban J connectivity index is 1.89. The number of carbonyl (C=O) groups excluding carboxylic acids is 1. The van der Waals surface area contributed by atoms with E-state index in [9.17, 15) is 4.79 Å². The van der Waals surface area contributed by atoms with Gasteiger partial charge in [0.05, 0.1) is 5.92 Å². The fraction of sp³-hybridized carbons (Fsp3) is 0.923. The van der Waals surface area contributed by atoms with Crippen molar-refractivity contribution in [2.45, 2.75) is 45.6 Å². The van der Waals surface area contributed by atoms with E-state index >= 15 is 0 Å². The maximum Gasteiger partial charge on any atom is 0.227 e. The van der Waals surface area contributed by atoms with Gasteiger partial charge in [0.2, 0.25) is 5.91 Å². The molecule has 16 heavy (non-hydrogen) atoms. The number of rotatable bonds is 4. The van der Waals surface area contributed by atoms with Crippen LogP contribution in [0.25, 0.3) is 0 Å². The van der Waals surface area contributed by atoms with Crippen LogP contribution >= 0.6 is 0 Å².